The van der Waals surface area contributed by atoms with Crippen molar-refractivity contribution in [2.75, 3.05) is 5.32 Å². The SMILES string of the molecule is Cc1ccnc(C)c1C(=O)Nc1ccccc1. The van der Waals surface area contributed by atoms with Gasteiger partial charge in [0, 0.05) is 11.9 Å². The van der Waals surface area contributed by atoms with Crippen LogP contribution in [0.25, 0.3) is 0 Å². The molecule has 86 valence electrons. The maximum Gasteiger partial charge on any atom is 0.257 e. The van der Waals surface area contributed by atoms with E-state index in [0.717, 1.165) is 16.9 Å². The van der Waals surface area contributed by atoms with Crippen LogP contribution < -0.4 is 5.32 Å². The second-order valence-electron chi connectivity index (χ2n) is 3.91. The van der Waals surface area contributed by atoms with Crippen LogP contribution in [0.15, 0.2) is 42.6 Å². The topological polar surface area (TPSA) is 42.0 Å². The monoisotopic (exact) mass is 226 g/mol. The zero-order chi connectivity index (χ0) is 12.3. The maximum absolute atomic E-state index is 12.1. The minimum absolute atomic E-state index is 0.112. The number of anilines is 1. The minimum Gasteiger partial charge on any atom is -0.322 e. The first kappa shape index (κ1) is 11.3. The van der Waals surface area contributed by atoms with Crippen molar-refractivity contribution in [1.29, 1.82) is 0 Å². The number of hydrogen-bond donors (Lipinski definition) is 1. The molecule has 0 radical (unpaired) electrons. The highest BCUT2D eigenvalue weighted by atomic mass is 16.1. The van der Waals surface area contributed by atoms with Gasteiger partial charge in [0.15, 0.2) is 0 Å². The number of carbonyl (C=O) groups is 1. The molecule has 0 aliphatic carbocycles. The highest BCUT2D eigenvalue weighted by molar-refractivity contribution is 6.05. The standard InChI is InChI=1S/C14H14N2O/c1-10-8-9-15-11(2)13(10)14(17)16-12-6-4-3-5-7-12/h3-9H,1-2H3,(H,16,17). The third-order valence-corrected chi connectivity index (χ3v) is 2.61. The van der Waals surface area contributed by atoms with Crippen LogP contribution in [0, 0.1) is 13.8 Å². The fraction of sp³-hybridized carbons (Fsp3) is 0.143. The lowest BCUT2D eigenvalue weighted by molar-refractivity contribution is 0.102. The molecule has 0 bridgehead atoms. The molecule has 0 atom stereocenters. The number of nitrogens with zero attached hydrogens (tertiary/aromatic N) is 1. The summed E-state index contributed by atoms with van der Waals surface area (Å²) in [4.78, 5) is 16.2. The maximum atomic E-state index is 12.1. The van der Waals surface area contributed by atoms with Gasteiger partial charge in [-0.1, -0.05) is 18.2 Å². The van der Waals surface area contributed by atoms with E-state index in [0.29, 0.717) is 5.56 Å². The number of hydrogen-bond acceptors (Lipinski definition) is 2. The van der Waals surface area contributed by atoms with Crippen LogP contribution >= 0.6 is 0 Å². The van der Waals surface area contributed by atoms with Crippen LogP contribution in [0.2, 0.25) is 0 Å². The van der Waals surface area contributed by atoms with Crippen LogP contribution in [0.1, 0.15) is 21.6 Å². The second kappa shape index (κ2) is 4.78. The largest absolute Gasteiger partial charge is 0.322 e. The van der Waals surface area contributed by atoms with Gasteiger partial charge in [0.2, 0.25) is 0 Å². The van der Waals surface area contributed by atoms with Crippen molar-refractivity contribution in [2.24, 2.45) is 0 Å². The fourth-order valence-corrected chi connectivity index (χ4v) is 1.75. The molecule has 2 rings (SSSR count). The van der Waals surface area contributed by atoms with Gasteiger partial charge in [-0.25, -0.2) is 0 Å². The summed E-state index contributed by atoms with van der Waals surface area (Å²) in [5.74, 6) is -0.112. The van der Waals surface area contributed by atoms with E-state index >= 15 is 0 Å². The first-order valence-electron chi connectivity index (χ1n) is 5.47. The number of nitrogens with one attached hydrogen (secondary N) is 1. The van der Waals surface area contributed by atoms with Gasteiger partial charge in [-0.15, -0.1) is 0 Å². The highest BCUT2D eigenvalue weighted by Gasteiger charge is 2.12. The third-order valence-electron chi connectivity index (χ3n) is 2.61. The normalized spacial score (nSPS) is 10.0. The average molecular weight is 226 g/mol. The van der Waals surface area contributed by atoms with Crippen molar-refractivity contribution in [2.45, 2.75) is 13.8 Å². The number of rotatable bonds is 2. The van der Waals surface area contributed by atoms with E-state index in [1.807, 2.05) is 50.2 Å². The Morgan fingerprint density at radius 3 is 2.47 bits per heavy atom. The van der Waals surface area contributed by atoms with Gasteiger partial charge in [0.25, 0.3) is 5.91 Å². The van der Waals surface area contributed by atoms with Gasteiger partial charge in [-0.05, 0) is 37.6 Å². The second-order valence-corrected chi connectivity index (χ2v) is 3.91. The van der Waals surface area contributed by atoms with Gasteiger partial charge in [0.1, 0.15) is 0 Å². The minimum atomic E-state index is -0.112. The molecule has 0 spiro atoms. The molecular formula is C14H14N2O. The van der Waals surface area contributed by atoms with Crippen LogP contribution in [-0.4, -0.2) is 10.9 Å². The van der Waals surface area contributed by atoms with Crippen LogP contribution in [0.3, 0.4) is 0 Å². The van der Waals surface area contributed by atoms with Crippen molar-refractivity contribution in [3.05, 3.63) is 59.4 Å². The molecule has 1 aromatic carbocycles. The Morgan fingerprint density at radius 2 is 1.82 bits per heavy atom. The molecule has 2 aromatic rings. The summed E-state index contributed by atoms with van der Waals surface area (Å²) in [6, 6.07) is 11.2. The molecule has 0 unspecified atom stereocenters. The van der Waals surface area contributed by atoms with Gasteiger partial charge < -0.3 is 5.32 Å². The number of benzene rings is 1. The van der Waals surface area contributed by atoms with Crippen LogP contribution in [0.5, 0.6) is 0 Å². The first-order valence-corrected chi connectivity index (χ1v) is 5.47. The summed E-state index contributed by atoms with van der Waals surface area (Å²) in [5.41, 5.74) is 3.13. The van der Waals surface area contributed by atoms with E-state index in [1.54, 1.807) is 6.20 Å². The number of aryl methyl sites for hydroxylation is 2. The Morgan fingerprint density at radius 1 is 1.12 bits per heavy atom. The zero-order valence-electron chi connectivity index (χ0n) is 9.90. The molecule has 1 N–H and O–H groups in total. The summed E-state index contributed by atoms with van der Waals surface area (Å²) in [7, 11) is 0. The number of aromatic nitrogens is 1. The number of para-hydroxylation sites is 1. The van der Waals surface area contributed by atoms with E-state index in [2.05, 4.69) is 10.3 Å². The molecule has 1 heterocycles. The number of carbonyl (C=O) groups excluding carboxylic acids is 1. The number of pyridine rings is 1. The lowest BCUT2D eigenvalue weighted by atomic mass is 10.1. The van der Waals surface area contributed by atoms with Crippen LogP contribution in [-0.2, 0) is 0 Å². The molecule has 17 heavy (non-hydrogen) atoms. The molecule has 0 saturated heterocycles. The van der Waals surface area contributed by atoms with E-state index in [-0.39, 0.29) is 5.91 Å². The van der Waals surface area contributed by atoms with E-state index < -0.39 is 0 Å². The molecule has 0 aliphatic heterocycles. The Labute approximate surface area is 101 Å². The summed E-state index contributed by atoms with van der Waals surface area (Å²) in [6.07, 6.45) is 1.71. The molecular weight excluding hydrogens is 212 g/mol. The third kappa shape index (κ3) is 2.50. The Balaban J connectivity index is 2.27. The molecule has 0 saturated carbocycles. The van der Waals surface area contributed by atoms with Gasteiger partial charge >= 0.3 is 0 Å². The number of amides is 1. The van der Waals surface area contributed by atoms with E-state index in [4.69, 9.17) is 0 Å². The predicted molar refractivity (Wildman–Crippen MR) is 68.1 cm³/mol. The highest BCUT2D eigenvalue weighted by Crippen LogP contribution is 2.14. The van der Waals surface area contributed by atoms with E-state index in [9.17, 15) is 4.79 Å². The van der Waals surface area contributed by atoms with Crippen molar-refractivity contribution in [1.82, 2.24) is 4.98 Å². The van der Waals surface area contributed by atoms with Gasteiger partial charge in [-0.3, -0.25) is 9.78 Å². The molecule has 1 aromatic heterocycles. The molecule has 1 amide bonds. The Bertz CT molecular complexity index is 515. The van der Waals surface area contributed by atoms with Gasteiger partial charge in [-0.2, -0.15) is 0 Å². The van der Waals surface area contributed by atoms with Crippen LogP contribution in [0.4, 0.5) is 5.69 Å². The molecule has 3 heteroatoms. The van der Waals surface area contributed by atoms with Gasteiger partial charge in [0.05, 0.1) is 11.3 Å². The zero-order valence-corrected chi connectivity index (χ0v) is 9.90. The quantitative estimate of drug-likeness (QED) is 0.855. The molecule has 0 fully saturated rings. The van der Waals surface area contributed by atoms with Crippen molar-refractivity contribution in [3.8, 4) is 0 Å². The molecule has 0 aliphatic rings. The summed E-state index contributed by atoms with van der Waals surface area (Å²) in [5, 5.41) is 2.86. The predicted octanol–water partition coefficient (Wildman–Crippen LogP) is 2.95. The van der Waals surface area contributed by atoms with Crippen molar-refractivity contribution < 1.29 is 4.79 Å². The summed E-state index contributed by atoms with van der Waals surface area (Å²) >= 11 is 0. The first-order chi connectivity index (χ1) is 8.18. The smallest absolute Gasteiger partial charge is 0.257 e. The average Bonchev–Trinajstić information content (AvgIpc) is 2.30. The van der Waals surface area contributed by atoms with Crippen molar-refractivity contribution in [3.63, 3.8) is 0 Å². The van der Waals surface area contributed by atoms with Crippen molar-refractivity contribution >= 4 is 11.6 Å². The lowest BCUT2D eigenvalue weighted by Crippen LogP contribution is -2.15. The molecule has 3 nitrogen and oxygen atoms in total. The Hall–Kier alpha value is -2.16. The summed E-state index contributed by atoms with van der Waals surface area (Å²) < 4.78 is 0. The Kier molecular flexibility index (Phi) is 3.19. The lowest BCUT2D eigenvalue weighted by Gasteiger charge is -2.09. The summed E-state index contributed by atoms with van der Waals surface area (Å²) in [6.45, 7) is 3.75. The fourth-order valence-electron chi connectivity index (χ4n) is 1.75. The van der Waals surface area contributed by atoms with E-state index in [1.165, 1.54) is 0 Å².